The van der Waals surface area contributed by atoms with Crippen LogP contribution in [0.1, 0.15) is 17.0 Å². The van der Waals surface area contributed by atoms with Gasteiger partial charge < -0.3 is 5.32 Å². The number of rotatable bonds is 4. The summed E-state index contributed by atoms with van der Waals surface area (Å²) in [5, 5.41) is 3.37. The zero-order chi connectivity index (χ0) is 13.1. The van der Waals surface area contributed by atoms with Gasteiger partial charge in [-0.3, -0.25) is 0 Å². The Morgan fingerprint density at radius 1 is 1.11 bits per heavy atom. The average molecular weight is 273 g/mol. The van der Waals surface area contributed by atoms with Crippen molar-refractivity contribution < 1.29 is 4.39 Å². The van der Waals surface area contributed by atoms with E-state index in [9.17, 15) is 4.39 Å². The molecule has 1 atom stereocenters. The fourth-order valence-electron chi connectivity index (χ4n) is 2.42. The van der Waals surface area contributed by atoms with Crippen LogP contribution in [0.15, 0.2) is 53.4 Å². The minimum Gasteiger partial charge on any atom is -0.312 e. The van der Waals surface area contributed by atoms with E-state index in [0.29, 0.717) is 12.5 Å². The Morgan fingerprint density at radius 2 is 1.89 bits per heavy atom. The molecule has 0 bridgehead atoms. The molecule has 0 aromatic heterocycles. The van der Waals surface area contributed by atoms with Crippen LogP contribution in [0.2, 0.25) is 0 Å². The van der Waals surface area contributed by atoms with Crippen molar-refractivity contribution in [2.45, 2.75) is 17.4 Å². The van der Waals surface area contributed by atoms with E-state index in [0.717, 1.165) is 17.9 Å². The Bertz CT molecular complexity index is 570. The molecule has 1 nitrogen and oxygen atoms in total. The molecule has 1 N–H and O–H groups in total. The second-order valence-electron chi connectivity index (χ2n) is 4.77. The van der Waals surface area contributed by atoms with Crippen LogP contribution in [0.5, 0.6) is 0 Å². The topological polar surface area (TPSA) is 12.0 Å². The van der Waals surface area contributed by atoms with Crippen LogP contribution in [0, 0.1) is 5.82 Å². The molecule has 19 heavy (non-hydrogen) atoms. The summed E-state index contributed by atoms with van der Waals surface area (Å²) in [7, 11) is 0. The molecular formula is C16H16FNS. The number of hydrogen-bond donors (Lipinski definition) is 1. The SMILES string of the molecule is Fc1ccccc1CNCC1CSc2ccccc21. The molecule has 2 aromatic carbocycles. The van der Waals surface area contributed by atoms with E-state index < -0.39 is 0 Å². The van der Waals surface area contributed by atoms with E-state index in [-0.39, 0.29) is 5.82 Å². The molecular weight excluding hydrogens is 257 g/mol. The minimum absolute atomic E-state index is 0.129. The lowest BCUT2D eigenvalue weighted by Gasteiger charge is -2.12. The molecule has 3 heteroatoms. The molecule has 2 aromatic rings. The number of benzene rings is 2. The van der Waals surface area contributed by atoms with Gasteiger partial charge in [0.05, 0.1) is 0 Å². The summed E-state index contributed by atoms with van der Waals surface area (Å²) in [5.74, 6) is 1.52. The molecule has 0 saturated heterocycles. The number of thioether (sulfide) groups is 1. The van der Waals surface area contributed by atoms with E-state index in [1.807, 2.05) is 23.9 Å². The van der Waals surface area contributed by atoms with Crippen molar-refractivity contribution in [3.63, 3.8) is 0 Å². The number of halogens is 1. The van der Waals surface area contributed by atoms with Crippen molar-refractivity contribution in [3.8, 4) is 0 Å². The maximum absolute atomic E-state index is 13.5. The van der Waals surface area contributed by atoms with Crippen molar-refractivity contribution in [1.29, 1.82) is 0 Å². The van der Waals surface area contributed by atoms with Gasteiger partial charge in [-0.25, -0.2) is 4.39 Å². The van der Waals surface area contributed by atoms with Gasteiger partial charge in [-0.2, -0.15) is 0 Å². The smallest absolute Gasteiger partial charge is 0.127 e. The lowest BCUT2D eigenvalue weighted by atomic mass is 10.0. The van der Waals surface area contributed by atoms with Crippen LogP contribution >= 0.6 is 11.8 Å². The zero-order valence-corrected chi connectivity index (χ0v) is 11.4. The molecule has 98 valence electrons. The van der Waals surface area contributed by atoms with Gasteiger partial charge in [-0.15, -0.1) is 11.8 Å². The zero-order valence-electron chi connectivity index (χ0n) is 10.6. The maximum Gasteiger partial charge on any atom is 0.127 e. The van der Waals surface area contributed by atoms with Crippen LogP contribution in [0.25, 0.3) is 0 Å². The molecule has 0 amide bonds. The molecule has 0 fully saturated rings. The van der Waals surface area contributed by atoms with E-state index in [1.165, 1.54) is 16.5 Å². The van der Waals surface area contributed by atoms with Gasteiger partial charge >= 0.3 is 0 Å². The monoisotopic (exact) mass is 273 g/mol. The van der Waals surface area contributed by atoms with Crippen molar-refractivity contribution in [2.24, 2.45) is 0 Å². The summed E-state index contributed by atoms with van der Waals surface area (Å²) in [4.78, 5) is 1.39. The van der Waals surface area contributed by atoms with Crippen molar-refractivity contribution in [1.82, 2.24) is 5.32 Å². The van der Waals surface area contributed by atoms with Crippen molar-refractivity contribution in [3.05, 3.63) is 65.5 Å². The van der Waals surface area contributed by atoms with E-state index in [2.05, 4.69) is 29.6 Å². The molecule has 0 aliphatic carbocycles. The van der Waals surface area contributed by atoms with Gasteiger partial charge in [-0.05, 0) is 17.7 Å². The maximum atomic E-state index is 13.5. The Morgan fingerprint density at radius 3 is 2.79 bits per heavy atom. The van der Waals surface area contributed by atoms with Gasteiger partial charge in [0.1, 0.15) is 5.82 Å². The Balaban J connectivity index is 1.58. The molecule has 1 aliphatic heterocycles. The molecule has 1 aliphatic rings. The quantitative estimate of drug-likeness (QED) is 0.909. The minimum atomic E-state index is -0.129. The van der Waals surface area contributed by atoms with Gasteiger partial charge in [0.25, 0.3) is 0 Å². The van der Waals surface area contributed by atoms with Crippen LogP contribution in [0.4, 0.5) is 4.39 Å². The highest BCUT2D eigenvalue weighted by atomic mass is 32.2. The van der Waals surface area contributed by atoms with E-state index >= 15 is 0 Å². The Kier molecular flexibility index (Phi) is 3.85. The Hall–Kier alpha value is -1.32. The van der Waals surface area contributed by atoms with Crippen molar-refractivity contribution in [2.75, 3.05) is 12.3 Å². The first-order valence-electron chi connectivity index (χ1n) is 6.50. The summed E-state index contributed by atoms with van der Waals surface area (Å²) < 4.78 is 13.5. The molecule has 0 spiro atoms. The standard InChI is InChI=1S/C16H16FNS/c17-15-7-3-1-5-12(15)9-18-10-13-11-19-16-8-4-2-6-14(13)16/h1-8,13,18H,9-11H2. The first kappa shape index (κ1) is 12.7. The predicted octanol–water partition coefficient (Wildman–Crippen LogP) is 3.80. The third-order valence-corrected chi connectivity index (χ3v) is 4.71. The fraction of sp³-hybridized carbons (Fsp3) is 0.250. The summed E-state index contributed by atoms with van der Waals surface area (Å²) in [6.45, 7) is 1.49. The number of nitrogens with one attached hydrogen (secondary N) is 1. The highest BCUT2D eigenvalue weighted by molar-refractivity contribution is 7.99. The first-order chi connectivity index (χ1) is 9.34. The van der Waals surface area contributed by atoms with Crippen LogP contribution in [0.3, 0.4) is 0 Å². The molecule has 0 saturated carbocycles. The average Bonchev–Trinajstić information content (AvgIpc) is 2.85. The van der Waals surface area contributed by atoms with E-state index in [4.69, 9.17) is 0 Å². The van der Waals surface area contributed by atoms with E-state index in [1.54, 1.807) is 6.07 Å². The summed E-state index contributed by atoms with van der Waals surface area (Å²) in [6.07, 6.45) is 0. The highest BCUT2D eigenvalue weighted by Gasteiger charge is 2.21. The first-order valence-corrected chi connectivity index (χ1v) is 7.49. The largest absolute Gasteiger partial charge is 0.312 e. The molecule has 1 heterocycles. The highest BCUT2D eigenvalue weighted by Crippen LogP contribution is 2.38. The molecule has 3 rings (SSSR count). The van der Waals surface area contributed by atoms with Crippen LogP contribution < -0.4 is 5.32 Å². The lowest BCUT2D eigenvalue weighted by molar-refractivity contribution is 0.573. The van der Waals surface area contributed by atoms with Gasteiger partial charge in [-0.1, -0.05) is 36.4 Å². The van der Waals surface area contributed by atoms with Crippen LogP contribution in [-0.4, -0.2) is 12.3 Å². The summed E-state index contributed by atoms with van der Waals surface area (Å²) >= 11 is 1.91. The number of fused-ring (bicyclic) bond motifs is 1. The molecule has 0 radical (unpaired) electrons. The predicted molar refractivity (Wildman–Crippen MR) is 78.0 cm³/mol. The van der Waals surface area contributed by atoms with Gasteiger partial charge in [0.2, 0.25) is 0 Å². The number of hydrogen-bond acceptors (Lipinski definition) is 2. The second-order valence-corrected chi connectivity index (χ2v) is 5.83. The third-order valence-electron chi connectivity index (χ3n) is 3.46. The van der Waals surface area contributed by atoms with Crippen LogP contribution in [-0.2, 0) is 6.54 Å². The van der Waals surface area contributed by atoms with Gasteiger partial charge in [0, 0.05) is 35.2 Å². The second kappa shape index (κ2) is 5.76. The summed E-state index contributed by atoms with van der Waals surface area (Å²) in [6, 6.07) is 15.5. The fourth-order valence-corrected chi connectivity index (χ4v) is 3.68. The normalized spacial score (nSPS) is 17.4. The third kappa shape index (κ3) is 2.82. The molecule has 1 unspecified atom stereocenters. The summed E-state index contributed by atoms with van der Waals surface area (Å²) in [5.41, 5.74) is 2.16. The Labute approximate surface area is 117 Å². The lowest BCUT2D eigenvalue weighted by Crippen LogP contribution is -2.21. The van der Waals surface area contributed by atoms with Gasteiger partial charge in [0.15, 0.2) is 0 Å². The van der Waals surface area contributed by atoms with Crippen molar-refractivity contribution >= 4 is 11.8 Å².